The molecule has 12 heavy (non-hydrogen) atoms. The highest BCUT2D eigenvalue weighted by Crippen LogP contribution is 1.95. The molecule has 0 saturated carbocycles. The fraction of sp³-hybridized carbons (Fsp3) is 0.556. The van der Waals surface area contributed by atoms with Crippen LogP contribution in [0.5, 0.6) is 0 Å². The van der Waals surface area contributed by atoms with Gasteiger partial charge in [-0.05, 0) is 13.3 Å². The van der Waals surface area contributed by atoms with E-state index in [1.165, 1.54) is 0 Å². The summed E-state index contributed by atoms with van der Waals surface area (Å²) in [5.41, 5.74) is 0. The van der Waals surface area contributed by atoms with Crippen LogP contribution in [0.15, 0.2) is 0 Å². The second kappa shape index (κ2) is 6.68. The van der Waals surface area contributed by atoms with E-state index < -0.39 is 5.97 Å². The lowest BCUT2D eigenvalue weighted by Crippen LogP contribution is -2.06. The van der Waals surface area contributed by atoms with Gasteiger partial charge in [0.15, 0.2) is 0 Å². The highest BCUT2D eigenvalue weighted by molar-refractivity contribution is 5.86. The van der Waals surface area contributed by atoms with Crippen LogP contribution in [0.2, 0.25) is 0 Å². The molecule has 0 aliphatic rings. The lowest BCUT2D eigenvalue weighted by Gasteiger charge is -2.07. The minimum atomic E-state index is -1.10. The van der Waals surface area contributed by atoms with E-state index >= 15 is 0 Å². The molecule has 0 aromatic carbocycles. The third kappa shape index (κ3) is 7.10. The Morgan fingerprint density at radius 2 is 2.42 bits per heavy atom. The van der Waals surface area contributed by atoms with Crippen molar-refractivity contribution in [3.05, 3.63) is 6.92 Å². The summed E-state index contributed by atoms with van der Waals surface area (Å²) >= 11 is 0. The fourth-order valence-electron chi connectivity index (χ4n) is 0.533. The van der Waals surface area contributed by atoms with Crippen molar-refractivity contribution < 1.29 is 14.6 Å². The van der Waals surface area contributed by atoms with Gasteiger partial charge in [-0.15, -0.1) is 0 Å². The van der Waals surface area contributed by atoms with Crippen LogP contribution in [0, 0.1) is 18.8 Å². The molecule has 0 rings (SSSR count). The maximum atomic E-state index is 9.93. The van der Waals surface area contributed by atoms with Crippen LogP contribution in [0.4, 0.5) is 0 Å². The zero-order valence-corrected chi connectivity index (χ0v) is 7.17. The zero-order chi connectivity index (χ0) is 9.40. The lowest BCUT2D eigenvalue weighted by atomic mass is 10.3. The Morgan fingerprint density at radius 3 is 2.92 bits per heavy atom. The van der Waals surface area contributed by atoms with Crippen LogP contribution in [-0.2, 0) is 9.53 Å². The largest absolute Gasteiger partial charge is 0.472 e. The fourth-order valence-corrected chi connectivity index (χ4v) is 0.533. The van der Waals surface area contributed by atoms with Crippen LogP contribution in [0.25, 0.3) is 0 Å². The second-order valence-electron chi connectivity index (χ2n) is 2.33. The third-order valence-corrected chi connectivity index (χ3v) is 1.23. The molecule has 0 aromatic heterocycles. The number of rotatable bonds is 4. The predicted octanol–water partition coefficient (Wildman–Crippen LogP) is 1.09. The van der Waals surface area contributed by atoms with E-state index in [4.69, 9.17) is 9.84 Å². The van der Waals surface area contributed by atoms with Crippen LogP contribution >= 0.6 is 0 Å². The van der Waals surface area contributed by atoms with Crippen molar-refractivity contribution in [2.45, 2.75) is 25.9 Å². The molecule has 0 spiro atoms. The van der Waals surface area contributed by atoms with Gasteiger partial charge in [-0.2, -0.15) is 0 Å². The summed E-state index contributed by atoms with van der Waals surface area (Å²) in [7, 11) is 0. The van der Waals surface area contributed by atoms with Gasteiger partial charge in [-0.1, -0.05) is 12.8 Å². The molecule has 0 amide bonds. The second-order valence-corrected chi connectivity index (χ2v) is 2.33. The molecule has 3 heteroatoms. The summed E-state index contributed by atoms with van der Waals surface area (Å²) in [4.78, 5) is 9.93. The van der Waals surface area contributed by atoms with Crippen LogP contribution in [0.1, 0.15) is 19.8 Å². The normalized spacial score (nSPS) is 11.5. The van der Waals surface area contributed by atoms with Crippen LogP contribution in [-0.4, -0.2) is 23.8 Å². The molecule has 67 valence electrons. The summed E-state index contributed by atoms with van der Waals surface area (Å²) in [6, 6.07) is 0. The Balaban J connectivity index is 3.34. The SMILES string of the molecule is [CH2]CC(C)OCCC#CC(=O)O. The van der Waals surface area contributed by atoms with Crippen LogP contribution < -0.4 is 0 Å². The number of ether oxygens (including phenoxy) is 1. The molecule has 3 nitrogen and oxygen atoms in total. The highest BCUT2D eigenvalue weighted by Gasteiger charge is 1.95. The van der Waals surface area contributed by atoms with Gasteiger partial charge < -0.3 is 9.84 Å². The van der Waals surface area contributed by atoms with Gasteiger partial charge in [0.1, 0.15) is 0 Å². The summed E-state index contributed by atoms with van der Waals surface area (Å²) in [6.07, 6.45) is 1.29. The molecule has 1 atom stereocenters. The lowest BCUT2D eigenvalue weighted by molar-refractivity contribution is -0.130. The summed E-state index contributed by atoms with van der Waals surface area (Å²) in [6.45, 7) is 6.04. The van der Waals surface area contributed by atoms with Crippen molar-refractivity contribution in [3.8, 4) is 11.8 Å². The van der Waals surface area contributed by atoms with Gasteiger partial charge >= 0.3 is 5.97 Å². The summed E-state index contributed by atoms with van der Waals surface area (Å²) in [5, 5.41) is 8.14. The maximum absolute atomic E-state index is 9.93. The van der Waals surface area contributed by atoms with E-state index in [-0.39, 0.29) is 6.10 Å². The molecule has 0 heterocycles. The number of carboxylic acids is 1. The van der Waals surface area contributed by atoms with E-state index in [1.54, 1.807) is 0 Å². The molecule has 1 unspecified atom stereocenters. The summed E-state index contributed by atoms with van der Waals surface area (Å²) < 4.78 is 5.22. The minimum absolute atomic E-state index is 0.122. The first-order valence-corrected chi connectivity index (χ1v) is 3.79. The van der Waals surface area contributed by atoms with Crippen molar-refractivity contribution in [2.24, 2.45) is 0 Å². The average Bonchev–Trinajstić information content (AvgIpc) is 2.03. The van der Waals surface area contributed by atoms with Gasteiger partial charge in [0, 0.05) is 12.3 Å². The van der Waals surface area contributed by atoms with Gasteiger partial charge in [0.25, 0.3) is 0 Å². The number of hydrogen-bond acceptors (Lipinski definition) is 2. The van der Waals surface area contributed by atoms with E-state index in [0.717, 1.165) is 0 Å². The first-order chi connectivity index (χ1) is 5.66. The van der Waals surface area contributed by atoms with Crippen molar-refractivity contribution in [3.63, 3.8) is 0 Å². The molecule has 0 saturated heterocycles. The molecule has 1 N–H and O–H groups in total. The number of carboxylic acid groups (broad SMARTS) is 1. The Bertz CT molecular complexity index is 188. The van der Waals surface area contributed by atoms with Gasteiger partial charge in [-0.25, -0.2) is 4.79 Å². The maximum Gasteiger partial charge on any atom is 0.381 e. The van der Waals surface area contributed by atoms with Crippen molar-refractivity contribution >= 4 is 5.97 Å². The smallest absolute Gasteiger partial charge is 0.381 e. The Labute approximate surface area is 72.7 Å². The molecule has 0 bridgehead atoms. The monoisotopic (exact) mass is 169 g/mol. The third-order valence-electron chi connectivity index (χ3n) is 1.23. The summed E-state index contributed by atoms with van der Waals surface area (Å²) in [5.74, 6) is 3.38. The highest BCUT2D eigenvalue weighted by atomic mass is 16.5. The zero-order valence-electron chi connectivity index (χ0n) is 7.17. The number of aliphatic carboxylic acids is 1. The van der Waals surface area contributed by atoms with Crippen LogP contribution in [0.3, 0.4) is 0 Å². The van der Waals surface area contributed by atoms with Gasteiger partial charge in [0.05, 0.1) is 12.7 Å². The molecule has 0 aliphatic carbocycles. The van der Waals surface area contributed by atoms with E-state index in [2.05, 4.69) is 12.8 Å². The molecule has 0 aromatic rings. The topological polar surface area (TPSA) is 46.5 Å². The molecule has 1 radical (unpaired) electrons. The number of hydrogen-bond donors (Lipinski definition) is 1. The Kier molecular flexibility index (Phi) is 6.12. The number of carbonyl (C=O) groups is 1. The quantitative estimate of drug-likeness (QED) is 0.506. The van der Waals surface area contributed by atoms with E-state index in [0.29, 0.717) is 19.4 Å². The van der Waals surface area contributed by atoms with Crippen molar-refractivity contribution in [1.29, 1.82) is 0 Å². The van der Waals surface area contributed by atoms with Crippen molar-refractivity contribution in [1.82, 2.24) is 0 Å². The standard InChI is InChI=1S/C9H13O3/c1-3-8(2)12-7-5-4-6-9(10)11/h8H,1,3,5,7H2,2H3,(H,10,11). The van der Waals surface area contributed by atoms with Crippen molar-refractivity contribution in [2.75, 3.05) is 6.61 Å². The minimum Gasteiger partial charge on any atom is -0.472 e. The molecule has 0 aliphatic heterocycles. The Morgan fingerprint density at radius 1 is 1.75 bits per heavy atom. The molecular weight excluding hydrogens is 156 g/mol. The first-order valence-electron chi connectivity index (χ1n) is 3.79. The van der Waals surface area contributed by atoms with E-state index in [9.17, 15) is 4.79 Å². The van der Waals surface area contributed by atoms with Gasteiger partial charge in [0.2, 0.25) is 0 Å². The first kappa shape index (κ1) is 11.0. The Hall–Kier alpha value is -1.01. The van der Waals surface area contributed by atoms with Gasteiger partial charge in [-0.3, -0.25) is 0 Å². The van der Waals surface area contributed by atoms with E-state index in [1.807, 2.05) is 12.8 Å². The molecular formula is C9H13O3. The predicted molar refractivity (Wildman–Crippen MR) is 45.4 cm³/mol. The average molecular weight is 169 g/mol. The molecule has 0 fully saturated rings.